The van der Waals surface area contributed by atoms with Gasteiger partial charge in [0.2, 0.25) is 0 Å². The Hall–Kier alpha value is -0.630. The van der Waals surface area contributed by atoms with Crippen LogP contribution in [-0.2, 0) is 0 Å². The minimum atomic E-state index is 0.598. The van der Waals surface area contributed by atoms with E-state index in [-0.39, 0.29) is 0 Å². The molecule has 1 rings (SSSR count). The number of halogens is 1. The highest BCUT2D eigenvalue weighted by molar-refractivity contribution is 9.10. The van der Waals surface area contributed by atoms with Crippen molar-refractivity contribution in [2.24, 2.45) is 0 Å². The largest absolute Gasteiger partial charge is 0.305 e. The van der Waals surface area contributed by atoms with Crippen molar-refractivity contribution in [1.29, 1.82) is 5.41 Å². The fraction of sp³-hybridized carbons (Fsp3) is 0.125. The number of hydrogen-bond donors (Lipinski definition) is 1. The molecule has 0 aliphatic heterocycles. The van der Waals surface area contributed by atoms with Gasteiger partial charge in [0.05, 0.1) is 0 Å². The zero-order valence-corrected chi connectivity index (χ0v) is 7.27. The zero-order valence-electron chi connectivity index (χ0n) is 5.69. The maximum absolute atomic E-state index is 7.31. The van der Waals surface area contributed by atoms with Crippen LogP contribution in [-0.4, -0.2) is 5.71 Å². The predicted octanol–water partition coefficient (Wildman–Crippen LogP) is 2.84. The fourth-order valence-corrected chi connectivity index (χ4v) is 1.12. The lowest BCUT2D eigenvalue weighted by Gasteiger charge is -1.96. The molecule has 1 nitrogen and oxygen atoms in total. The number of nitrogens with one attached hydrogen (secondary N) is 1. The summed E-state index contributed by atoms with van der Waals surface area (Å²) >= 11 is 3.33. The quantitative estimate of drug-likeness (QED) is 0.671. The van der Waals surface area contributed by atoms with Crippen LogP contribution < -0.4 is 0 Å². The van der Waals surface area contributed by atoms with E-state index < -0.39 is 0 Å². The summed E-state index contributed by atoms with van der Waals surface area (Å²) in [6, 6.07) is 7.74. The second-order valence-corrected chi connectivity index (χ2v) is 3.05. The Morgan fingerprint density at radius 3 is 2.60 bits per heavy atom. The van der Waals surface area contributed by atoms with Crippen LogP contribution in [0.25, 0.3) is 0 Å². The molecule has 0 amide bonds. The second kappa shape index (κ2) is 2.97. The molecule has 1 N–H and O–H groups in total. The van der Waals surface area contributed by atoms with Gasteiger partial charge in [0.15, 0.2) is 0 Å². The van der Waals surface area contributed by atoms with Crippen molar-refractivity contribution in [1.82, 2.24) is 0 Å². The van der Waals surface area contributed by atoms with Crippen molar-refractivity contribution in [3.63, 3.8) is 0 Å². The SMILES string of the molecule is CC(=N)c1cccc(Br)c1. The van der Waals surface area contributed by atoms with Gasteiger partial charge in [0.1, 0.15) is 0 Å². The van der Waals surface area contributed by atoms with E-state index in [0.717, 1.165) is 10.0 Å². The summed E-state index contributed by atoms with van der Waals surface area (Å²) in [5, 5.41) is 7.31. The summed E-state index contributed by atoms with van der Waals surface area (Å²) in [5.41, 5.74) is 1.57. The normalized spacial score (nSPS) is 9.40. The lowest BCUT2D eigenvalue weighted by Crippen LogP contribution is -1.89. The molecular weight excluding hydrogens is 190 g/mol. The van der Waals surface area contributed by atoms with Gasteiger partial charge in [-0.15, -0.1) is 0 Å². The molecule has 0 saturated heterocycles. The van der Waals surface area contributed by atoms with E-state index in [4.69, 9.17) is 5.41 Å². The van der Waals surface area contributed by atoms with Crippen molar-refractivity contribution in [3.05, 3.63) is 34.3 Å². The van der Waals surface area contributed by atoms with Crippen LogP contribution >= 0.6 is 15.9 Å². The summed E-state index contributed by atoms with van der Waals surface area (Å²) in [5.74, 6) is 0. The Kier molecular flexibility index (Phi) is 2.22. The second-order valence-electron chi connectivity index (χ2n) is 2.14. The topological polar surface area (TPSA) is 23.9 Å². The molecule has 10 heavy (non-hydrogen) atoms. The number of hydrogen-bond acceptors (Lipinski definition) is 1. The van der Waals surface area contributed by atoms with Gasteiger partial charge >= 0.3 is 0 Å². The summed E-state index contributed by atoms with van der Waals surface area (Å²) < 4.78 is 1.02. The molecule has 0 atom stereocenters. The van der Waals surface area contributed by atoms with Gasteiger partial charge in [0.25, 0.3) is 0 Å². The Morgan fingerprint density at radius 2 is 2.20 bits per heavy atom. The molecule has 0 spiro atoms. The molecule has 0 bridgehead atoms. The van der Waals surface area contributed by atoms with Crippen LogP contribution in [0.1, 0.15) is 12.5 Å². The van der Waals surface area contributed by atoms with Crippen molar-refractivity contribution < 1.29 is 0 Å². The van der Waals surface area contributed by atoms with Crippen molar-refractivity contribution >= 4 is 21.6 Å². The molecule has 52 valence electrons. The lowest BCUT2D eigenvalue weighted by molar-refractivity contribution is 1.45. The first kappa shape index (κ1) is 7.48. The van der Waals surface area contributed by atoms with Crippen LogP contribution in [0.15, 0.2) is 28.7 Å². The summed E-state index contributed by atoms with van der Waals surface area (Å²) in [6.45, 7) is 1.78. The third kappa shape index (κ3) is 1.67. The molecule has 0 aromatic heterocycles. The van der Waals surface area contributed by atoms with Gasteiger partial charge in [-0.3, -0.25) is 0 Å². The molecular formula is C8H8BrN. The third-order valence-electron chi connectivity index (χ3n) is 1.26. The third-order valence-corrected chi connectivity index (χ3v) is 1.75. The molecule has 0 aliphatic carbocycles. The monoisotopic (exact) mass is 197 g/mol. The van der Waals surface area contributed by atoms with Crippen molar-refractivity contribution in [2.75, 3.05) is 0 Å². The van der Waals surface area contributed by atoms with Gasteiger partial charge in [0, 0.05) is 10.2 Å². The number of benzene rings is 1. The molecule has 0 unspecified atom stereocenters. The first-order valence-electron chi connectivity index (χ1n) is 3.01. The molecule has 0 aliphatic rings. The van der Waals surface area contributed by atoms with Crippen LogP contribution in [0, 0.1) is 5.41 Å². The summed E-state index contributed by atoms with van der Waals surface area (Å²) in [4.78, 5) is 0. The first-order valence-corrected chi connectivity index (χ1v) is 3.80. The highest BCUT2D eigenvalue weighted by Gasteiger charge is 1.93. The Bertz CT molecular complexity index is 255. The maximum atomic E-state index is 7.31. The van der Waals surface area contributed by atoms with Crippen LogP contribution in [0.4, 0.5) is 0 Å². The van der Waals surface area contributed by atoms with E-state index in [1.165, 1.54) is 0 Å². The Labute approximate surface area is 68.7 Å². The van der Waals surface area contributed by atoms with Gasteiger partial charge in [-0.05, 0) is 24.6 Å². The predicted molar refractivity (Wildman–Crippen MR) is 46.6 cm³/mol. The zero-order chi connectivity index (χ0) is 7.56. The van der Waals surface area contributed by atoms with Gasteiger partial charge < -0.3 is 5.41 Å². The van der Waals surface area contributed by atoms with Crippen LogP contribution in [0.5, 0.6) is 0 Å². The molecule has 1 aromatic carbocycles. The highest BCUT2D eigenvalue weighted by Crippen LogP contribution is 2.11. The lowest BCUT2D eigenvalue weighted by atomic mass is 10.1. The summed E-state index contributed by atoms with van der Waals surface area (Å²) in [6.07, 6.45) is 0. The van der Waals surface area contributed by atoms with Gasteiger partial charge in [-0.2, -0.15) is 0 Å². The van der Waals surface area contributed by atoms with E-state index in [0.29, 0.717) is 5.71 Å². The average molecular weight is 198 g/mol. The Balaban J connectivity index is 3.07. The first-order chi connectivity index (χ1) is 4.70. The molecule has 2 heteroatoms. The highest BCUT2D eigenvalue weighted by atomic mass is 79.9. The summed E-state index contributed by atoms with van der Waals surface area (Å²) in [7, 11) is 0. The smallest absolute Gasteiger partial charge is 0.0355 e. The van der Waals surface area contributed by atoms with Crippen molar-refractivity contribution in [3.8, 4) is 0 Å². The average Bonchev–Trinajstić information content (AvgIpc) is 1.88. The molecule has 1 aromatic rings. The minimum absolute atomic E-state index is 0.598. The standard InChI is InChI=1S/C8H8BrN/c1-6(10)7-3-2-4-8(9)5-7/h2-5,10H,1H3. The molecule has 0 saturated carbocycles. The van der Waals surface area contributed by atoms with E-state index in [9.17, 15) is 0 Å². The Morgan fingerprint density at radius 1 is 1.50 bits per heavy atom. The van der Waals surface area contributed by atoms with Gasteiger partial charge in [-0.1, -0.05) is 28.1 Å². The van der Waals surface area contributed by atoms with E-state index >= 15 is 0 Å². The van der Waals surface area contributed by atoms with E-state index in [1.807, 2.05) is 24.3 Å². The van der Waals surface area contributed by atoms with E-state index in [2.05, 4.69) is 15.9 Å². The van der Waals surface area contributed by atoms with Gasteiger partial charge in [-0.25, -0.2) is 0 Å². The van der Waals surface area contributed by atoms with Crippen molar-refractivity contribution in [2.45, 2.75) is 6.92 Å². The number of rotatable bonds is 1. The fourth-order valence-electron chi connectivity index (χ4n) is 0.722. The van der Waals surface area contributed by atoms with Crippen LogP contribution in [0.3, 0.4) is 0 Å². The minimum Gasteiger partial charge on any atom is -0.305 e. The van der Waals surface area contributed by atoms with E-state index in [1.54, 1.807) is 6.92 Å². The van der Waals surface area contributed by atoms with Crippen LogP contribution in [0.2, 0.25) is 0 Å². The molecule has 0 radical (unpaired) electrons. The molecule has 0 fully saturated rings. The molecule has 0 heterocycles. The maximum Gasteiger partial charge on any atom is 0.0355 e.